The number of ether oxygens (including phenoxy) is 1. The van der Waals surface area contributed by atoms with Gasteiger partial charge in [0.05, 0.1) is 6.61 Å². The Kier molecular flexibility index (Phi) is 2.04. The fraction of sp³-hybridized carbons (Fsp3) is 0.364. The summed E-state index contributed by atoms with van der Waals surface area (Å²) in [5, 5.41) is 2.81. The first-order chi connectivity index (χ1) is 6.60. The van der Waals surface area contributed by atoms with Gasteiger partial charge in [-0.2, -0.15) is 0 Å². The van der Waals surface area contributed by atoms with Crippen molar-refractivity contribution >= 4 is 11.6 Å². The van der Waals surface area contributed by atoms with E-state index in [0.29, 0.717) is 6.61 Å². The predicted octanol–water partition coefficient (Wildman–Crippen LogP) is 1.72. The molecule has 14 heavy (non-hydrogen) atoms. The first-order valence-electron chi connectivity index (χ1n) is 4.62. The van der Waals surface area contributed by atoms with E-state index in [0.717, 1.165) is 5.69 Å². The molecule has 1 N–H and O–H groups in total. The highest BCUT2D eigenvalue weighted by atomic mass is 16.6. The van der Waals surface area contributed by atoms with E-state index in [1.54, 1.807) is 6.92 Å². The molecule has 0 aromatic heterocycles. The average Bonchev–Trinajstić information content (AvgIpc) is 2.89. The highest BCUT2D eigenvalue weighted by Gasteiger charge is 2.47. The average molecular weight is 191 g/mol. The van der Waals surface area contributed by atoms with E-state index in [-0.39, 0.29) is 5.91 Å². The number of benzene rings is 1. The van der Waals surface area contributed by atoms with Crippen LogP contribution in [0, 0.1) is 6.92 Å². The van der Waals surface area contributed by atoms with Gasteiger partial charge in [0.2, 0.25) is 0 Å². The largest absolute Gasteiger partial charge is 0.359 e. The number of epoxide rings is 1. The topological polar surface area (TPSA) is 41.6 Å². The summed E-state index contributed by atoms with van der Waals surface area (Å²) in [6.07, 6.45) is 0. The van der Waals surface area contributed by atoms with E-state index in [1.165, 1.54) is 5.56 Å². The van der Waals surface area contributed by atoms with Crippen LogP contribution in [0.1, 0.15) is 12.5 Å². The van der Waals surface area contributed by atoms with Gasteiger partial charge in [-0.3, -0.25) is 4.79 Å². The number of amides is 1. The Bertz CT molecular complexity index is 352. The van der Waals surface area contributed by atoms with Crippen molar-refractivity contribution in [2.75, 3.05) is 11.9 Å². The predicted molar refractivity (Wildman–Crippen MR) is 54.2 cm³/mol. The van der Waals surface area contributed by atoms with Gasteiger partial charge in [0.25, 0.3) is 5.91 Å². The van der Waals surface area contributed by atoms with Gasteiger partial charge in [0, 0.05) is 5.69 Å². The molecule has 0 aliphatic carbocycles. The zero-order valence-electron chi connectivity index (χ0n) is 8.33. The number of carbonyl (C=O) groups is 1. The molecule has 3 nitrogen and oxygen atoms in total. The van der Waals surface area contributed by atoms with Crippen LogP contribution in [0.15, 0.2) is 24.3 Å². The molecule has 0 bridgehead atoms. The van der Waals surface area contributed by atoms with E-state index in [4.69, 9.17) is 4.74 Å². The molecule has 3 heteroatoms. The summed E-state index contributed by atoms with van der Waals surface area (Å²) in [7, 11) is 0. The summed E-state index contributed by atoms with van der Waals surface area (Å²) in [5.41, 5.74) is 1.40. The Balaban J connectivity index is 2.04. The van der Waals surface area contributed by atoms with Gasteiger partial charge in [-0.1, -0.05) is 17.7 Å². The standard InChI is InChI=1S/C11H13NO2/c1-8-3-5-9(6-4-8)12-10(13)11(2)7-14-11/h3-6H,7H2,1-2H3,(H,12,13)/t11-/m0/s1. The Morgan fingerprint density at radius 1 is 1.43 bits per heavy atom. The smallest absolute Gasteiger partial charge is 0.258 e. The summed E-state index contributed by atoms with van der Waals surface area (Å²) >= 11 is 0. The van der Waals surface area contributed by atoms with Crippen molar-refractivity contribution in [3.05, 3.63) is 29.8 Å². The molecule has 1 aliphatic rings. The lowest BCUT2D eigenvalue weighted by atomic mass is 10.2. The van der Waals surface area contributed by atoms with Gasteiger partial charge >= 0.3 is 0 Å². The first-order valence-corrected chi connectivity index (χ1v) is 4.62. The molecule has 0 spiro atoms. The fourth-order valence-electron chi connectivity index (χ4n) is 1.14. The monoisotopic (exact) mass is 191 g/mol. The second-order valence-corrected chi connectivity index (χ2v) is 3.84. The molecule has 0 radical (unpaired) electrons. The molecule has 1 heterocycles. The summed E-state index contributed by atoms with van der Waals surface area (Å²) in [6, 6.07) is 7.70. The van der Waals surface area contributed by atoms with Crippen molar-refractivity contribution in [2.45, 2.75) is 19.4 Å². The molecule has 2 rings (SSSR count). The number of hydrogen-bond donors (Lipinski definition) is 1. The van der Waals surface area contributed by atoms with Crippen molar-refractivity contribution in [1.29, 1.82) is 0 Å². The van der Waals surface area contributed by atoms with Crippen molar-refractivity contribution in [2.24, 2.45) is 0 Å². The van der Waals surface area contributed by atoms with Crippen LogP contribution in [0.3, 0.4) is 0 Å². The van der Waals surface area contributed by atoms with Crippen LogP contribution in [0.4, 0.5) is 5.69 Å². The van der Waals surface area contributed by atoms with Gasteiger partial charge in [-0.05, 0) is 26.0 Å². The number of rotatable bonds is 2. The molecule has 0 unspecified atom stereocenters. The minimum absolute atomic E-state index is 0.0682. The molecule has 1 saturated heterocycles. The third-order valence-corrected chi connectivity index (χ3v) is 2.37. The van der Waals surface area contributed by atoms with Crippen LogP contribution in [-0.2, 0) is 9.53 Å². The number of nitrogens with one attached hydrogen (secondary N) is 1. The molecule has 74 valence electrons. The van der Waals surface area contributed by atoms with Crippen LogP contribution in [0.2, 0.25) is 0 Å². The molecular weight excluding hydrogens is 178 g/mol. The Hall–Kier alpha value is -1.35. The van der Waals surface area contributed by atoms with E-state index in [2.05, 4.69) is 5.32 Å². The van der Waals surface area contributed by atoms with Crippen molar-refractivity contribution in [3.8, 4) is 0 Å². The molecule has 1 aromatic carbocycles. The van der Waals surface area contributed by atoms with Gasteiger partial charge in [-0.15, -0.1) is 0 Å². The number of aryl methyl sites for hydroxylation is 1. The van der Waals surface area contributed by atoms with Crippen LogP contribution in [-0.4, -0.2) is 18.1 Å². The lowest BCUT2D eigenvalue weighted by Crippen LogP contribution is -2.27. The summed E-state index contributed by atoms with van der Waals surface area (Å²) in [4.78, 5) is 11.5. The zero-order valence-corrected chi connectivity index (χ0v) is 8.33. The summed E-state index contributed by atoms with van der Waals surface area (Å²) in [5.74, 6) is -0.0682. The lowest BCUT2D eigenvalue weighted by molar-refractivity contribution is -0.120. The SMILES string of the molecule is Cc1ccc(NC(=O)[C@]2(C)CO2)cc1. The number of anilines is 1. The third kappa shape index (κ3) is 1.77. The minimum atomic E-state index is -0.592. The molecule has 1 atom stereocenters. The molecule has 1 fully saturated rings. The van der Waals surface area contributed by atoms with Crippen LogP contribution in [0.25, 0.3) is 0 Å². The van der Waals surface area contributed by atoms with Crippen LogP contribution >= 0.6 is 0 Å². The second kappa shape index (κ2) is 3.10. The Morgan fingerprint density at radius 2 is 2.00 bits per heavy atom. The molecule has 1 aromatic rings. The quantitative estimate of drug-likeness (QED) is 0.723. The van der Waals surface area contributed by atoms with Gasteiger partial charge in [0.1, 0.15) is 0 Å². The van der Waals surface area contributed by atoms with Crippen LogP contribution in [0.5, 0.6) is 0 Å². The van der Waals surface area contributed by atoms with Crippen molar-refractivity contribution < 1.29 is 9.53 Å². The maximum Gasteiger partial charge on any atom is 0.258 e. The van der Waals surface area contributed by atoms with Crippen molar-refractivity contribution in [1.82, 2.24) is 0 Å². The fourth-order valence-corrected chi connectivity index (χ4v) is 1.14. The third-order valence-electron chi connectivity index (χ3n) is 2.37. The molecule has 1 aliphatic heterocycles. The molecule has 0 saturated carbocycles. The Labute approximate surface area is 83.1 Å². The van der Waals surface area contributed by atoms with Gasteiger partial charge in [0.15, 0.2) is 5.60 Å². The minimum Gasteiger partial charge on any atom is -0.359 e. The zero-order chi connectivity index (χ0) is 10.2. The van der Waals surface area contributed by atoms with Gasteiger partial charge in [-0.25, -0.2) is 0 Å². The first kappa shape index (κ1) is 9.21. The van der Waals surface area contributed by atoms with E-state index in [1.807, 2.05) is 31.2 Å². The lowest BCUT2D eigenvalue weighted by Gasteiger charge is -2.07. The van der Waals surface area contributed by atoms with E-state index >= 15 is 0 Å². The number of hydrogen-bond acceptors (Lipinski definition) is 2. The van der Waals surface area contributed by atoms with Crippen LogP contribution < -0.4 is 5.32 Å². The van der Waals surface area contributed by atoms with Gasteiger partial charge < -0.3 is 10.1 Å². The molecule has 1 amide bonds. The molecular formula is C11H13NO2. The highest BCUT2D eigenvalue weighted by Crippen LogP contribution is 2.27. The highest BCUT2D eigenvalue weighted by molar-refractivity contribution is 5.98. The van der Waals surface area contributed by atoms with Crippen molar-refractivity contribution in [3.63, 3.8) is 0 Å². The van der Waals surface area contributed by atoms with E-state index < -0.39 is 5.60 Å². The summed E-state index contributed by atoms with van der Waals surface area (Å²) < 4.78 is 5.04. The number of carbonyl (C=O) groups excluding carboxylic acids is 1. The maximum absolute atomic E-state index is 11.5. The van der Waals surface area contributed by atoms with E-state index in [9.17, 15) is 4.79 Å². The second-order valence-electron chi connectivity index (χ2n) is 3.84. The maximum atomic E-state index is 11.5. The Morgan fingerprint density at radius 3 is 2.50 bits per heavy atom. The summed E-state index contributed by atoms with van der Waals surface area (Å²) in [6.45, 7) is 4.32. The normalized spacial score (nSPS) is 24.4.